The summed E-state index contributed by atoms with van der Waals surface area (Å²) < 4.78 is 4.82. The number of hydrogen-bond donors (Lipinski definition) is 2. The Morgan fingerprint density at radius 1 is 0.550 bits per heavy atom. The van der Waals surface area contributed by atoms with Crippen LogP contribution in [-0.2, 0) is 10.8 Å². The molecule has 0 saturated heterocycles. The van der Waals surface area contributed by atoms with Crippen molar-refractivity contribution in [1.29, 1.82) is 0 Å². The standard InChI is InChI=1S/C47H44N2O.C6H18NSi2.Mg/c1-46(2,35-19-9-7-10-20-35)37-29-34(45(50)40(30-37)47(3,4)36-21-11-8-12-22-36)31-48-41-27-25-32-17-13-15-23-38(32)43(41)44-39-24-16-14-18-33(39)26-28-42(44)49(5)6;1-8(2,3)7-9(4,5)6;/h7-31,50H,1-6H3;1-6H3;/q;-1;+2/p+1. The Morgan fingerprint density at radius 3 is 1.52 bits per heavy atom. The Hall–Kier alpha value is -4.35. The smallest absolute Gasteiger partial charge is 0.872 e. The molecular weight excluding hydrogens is 775 g/mol. The summed E-state index contributed by atoms with van der Waals surface area (Å²) in [5, 5.41) is 19.4. The third-order valence-electron chi connectivity index (χ3n) is 11.2. The van der Waals surface area contributed by atoms with E-state index in [1.165, 1.54) is 37.9 Å². The summed E-state index contributed by atoms with van der Waals surface area (Å²) >= 11 is 0. The SMILES string of the molecule is C[NH+](C)c1ccc2ccccc2c1-c1c([NH+]=Cc2cc(C(C)(C)c3ccccc3)cc(C(C)(C)c3ccccc3)c2[O-])ccc2ccccc12.C[Si](C)(C)[N-][Si](C)(C)C.[Mg+2]. The van der Waals surface area contributed by atoms with Crippen molar-refractivity contribution in [2.75, 3.05) is 14.1 Å². The molecule has 60 heavy (non-hydrogen) atoms. The first kappa shape index (κ1) is 46.7. The Bertz CT molecular complexity index is 2580. The van der Waals surface area contributed by atoms with Crippen LogP contribution in [-0.4, -0.2) is 59.8 Å². The minimum atomic E-state index is -1.11. The molecule has 0 heterocycles. The first-order chi connectivity index (χ1) is 27.8. The average molecular weight is 839 g/mol. The summed E-state index contributed by atoms with van der Waals surface area (Å²) in [5.41, 5.74) is 8.49. The van der Waals surface area contributed by atoms with E-state index in [2.05, 4.69) is 207 Å². The van der Waals surface area contributed by atoms with E-state index in [1.54, 1.807) is 0 Å². The Labute approximate surface area is 378 Å². The molecule has 0 radical (unpaired) electrons. The van der Waals surface area contributed by atoms with Gasteiger partial charge in [-0.05, 0) is 62.0 Å². The summed E-state index contributed by atoms with van der Waals surface area (Å²) in [6.07, 6.45) is 1.93. The van der Waals surface area contributed by atoms with Crippen LogP contribution in [0.1, 0.15) is 55.5 Å². The van der Waals surface area contributed by atoms with E-state index in [1.807, 2.05) is 30.5 Å². The minimum Gasteiger partial charge on any atom is -0.872 e. The Balaban J connectivity index is 0.000000614. The average Bonchev–Trinajstić information content (AvgIpc) is 3.19. The molecule has 0 saturated carbocycles. The van der Waals surface area contributed by atoms with Crippen LogP contribution in [0.15, 0.2) is 146 Å². The molecule has 0 amide bonds. The van der Waals surface area contributed by atoms with Gasteiger partial charge in [-0.2, -0.15) is 0 Å². The van der Waals surface area contributed by atoms with Gasteiger partial charge in [-0.15, -0.1) is 0 Å². The number of fused-ring (bicyclic) bond motifs is 2. The first-order valence-electron chi connectivity index (χ1n) is 20.9. The van der Waals surface area contributed by atoms with Crippen molar-refractivity contribution in [3.05, 3.63) is 178 Å². The van der Waals surface area contributed by atoms with Crippen molar-refractivity contribution in [2.45, 2.75) is 77.8 Å². The van der Waals surface area contributed by atoms with Crippen LogP contribution in [0.4, 0.5) is 11.4 Å². The molecule has 0 aliphatic heterocycles. The van der Waals surface area contributed by atoms with Gasteiger partial charge in [0.1, 0.15) is 5.69 Å². The van der Waals surface area contributed by atoms with Gasteiger partial charge < -0.3 is 14.7 Å². The monoisotopic (exact) mass is 837 g/mol. The third kappa shape index (κ3) is 10.6. The number of quaternary nitrogens is 1. The predicted molar refractivity (Wildman–Crippen MR) is 264 cm³/mol. The van der Waals surface area contributed by atoms with E-state index < -0.39 is 21.9 Å². The van der Waals surface area contributed by atoms with E-state index >= 15 is 0 Å². The van der Waals surface area contributed by atoms with E-state index in [0.29, 0.717) is 5.56 Å². The third-order valence-corrected chi connectivity index (χ3v) is 16.6. The number of nitrogens with one attached hydrogen (secondary N) is 2. The summed E-state index contributed by atoms with van der Waals surface area (Å²) in [6, 6.07) is 51.1. The van der Waals surface area contributed by atoms with Gasteiger partial charge in [0.05, 0.1) is 25.2 Å². The fraction of sp³-hybridized carbons (Fsp3) is 0.264. The molecular formula is C53H63MgN3OSi2+2. The number of hydrogen-bond acceptors (Lipinski definition) is 1. The van der Waals surface area contributed by atoms with E-state index in [0.717, 1.165) is 33.3 Å². The van der Waals surface area contributed by atoms with Crippen LogP contribution in [0, 0.1) is 0 Å². The van der Waals surface area contributed by atoms with Crippen LogP contribution < -0.4 is 15.0 Å². The molecule has 4 nitrogen and oxygen atoms in total. The zero-order valence-electron chi connectivity index (χ0n) is 38.0. The quantitative estimate of drug-likeness (QED) is 0.105. The van der Waals surface area contributed by atoms with Crippen LogP contribution in [0.2, 0.25) is 39.3 Å². The second-order valence-corrected chi connectivity index (χ2v) is 28.7. The van der Waals surface area contributed by atoms with Gasteiger partial charge in [0, 0.05) is 28.5 Å². The largest absolute Gasteiger partial charge is 2.00 e. The molecule has 304 valence electrons. The summed E-state index contributed by atoms with van der Waals surface area (Å²) in [7, 11) is 2.14. The Kier molecular flexibility index (Phi) is 14.6. The van der Waals surface area contributed by atoms with Crippen LogP contribution in [0.3, 0.4) is 0 Å². The van der Waals surface area contributed by atoms with E-state index in [-0.39, 0.29) is 34.2 Å². The van der Waals surface area contributed by atoms with Crippen molar-refractivity contribution in [3.63, 3.8) is 0 Å². The maximum absolute atomic E-state index is 14.6. The minimum absolute atomic E-state index is 0. The number of rotatable bonds is 10. The van der Waals surface area contributed by atoms with Gasteiger partial charge in [-0.1, -0.05) is 204 Å². The molecule has 2 N–H and O–H groups in total. The zero-order chi connectivity index (χ0) is 42.8. The number of nitrogens with zero attached hydrogens (tertiary/aromatic N) is 1. The van der Waals surface area contributed by atoms with Gasteiger partial charge in [0.25, 0.3) is 0 Å². The zero-order valence-corrected chi connectivity index (χ0v) is 41.4. The summed E-state index contributed by atoms with van der Waals surface area (Å²) in [4.78, 5) is 4.94. The van der Waals surface area contributed by atoms with E-state index in [4.69, 9.17) is 4.65 Å². The first-order valence-corrected chi connectivity index (χ1v) is 27.8. The van der Waals surface area contributed by atoms with E-state index in [9.17, 15) is 5.11 Å². The molecule has 0 fully saturated rings. The fourth-order valence-corrected chi connectivity index (χ4v) is 16.4. The van der Waals surface area contributed by atoms with Crippen LogP contribution in [0.5, 0.6) is 5.75 Å². The van der Waals surface area contributed by atoms with Crippen molar-refractivity contribution in [2.24, 2.45) is 0 Å². The second-order valence-electron chi connectivity index (χ2n) is 19.1. The molecule has 7 aromatic rings. The van der Waals surface area contributed by atoms with Crippen LogP contribution >= 0.6 is 0 Å². The van der Waals surface area contributed by atoms with Gasteiger partial charge >= 0.3 is 23.1 Å². The second kappa shape index (κ2) is 18.7. The van der Waals surface area contributed by atoms with Crippen molar-refractivity contribution in [3.8, 4) is 16.9 Å². The normalized spacial score (nSPS) is 12.4. The van der Waals surface area contributed by atoms with Gasteiger partial charge in [-0.25, -0.2) is 4.99 Å². The molecule has 7 heteroatoms. The predicted octanol–water partition coefficient (Wildman–Crippen LogP) is 10.6. The van der Waals surface area contributed by atoms with Gasteiger partial charge in [0.15, 0.2) is 6.21 Å². The van der Waals surface area contributed by atoms with Gasteiger partial charge in [0.2, 0.25) is 5.69 Å². The van der Waals surface area contributed by atoms with Gasteiger partial charge in [-0.3, -0.25) is 0 Å². The molecule has 0 aliphatic rings. The molecule has 0 bridgehead atoms. The van der Waals surface area contributed by atoms with Crippen LogP contribution in [0.25, 0.3) is 37.3 Å². The molecule has 0 atom stereocenters. The fourth-order valence-electron chi connectivity index (χ4n) is 8.40. The molecule has 0 spiro atoms. The molecule has 7 rings (SSSR count). The summed E-state index contributed by atoms with van der Waals surface area (Å²) in [6.45, 7) is 22.6. The Morgan fingerprint density at radius 2 is 1.02 bits per heavy atom. The topological polar surface area (TPSA) is 55.6 Å². The maximum Gasteiger partial charge on any atom is 2.00 e. The molecule has 7 aromatic carbocycles. The number of benzene rings is 7. The molecule has 0 unspecified atom stereocenters. The molecule has 0 aliphatic carbocycles. The van der Waals surface area contributed by atoms with Crippen molar-refractivity contribution < 1.29 is 15.0 Å². The van der Waals surface area contributed by atoms with Crippen molar-refractivity contribution in [1.82, 2.24) is 0 Å². The van der Waals surface area contributed by atoms with Crippen molar-refractivity contribution >= 4 is 78.7 Å². The maximum atomic E-state index is 14.6. The molecule has 0 aromatic heterocycles. The summed E-state index contributed by atoms with van der Waals surface area (Å²) in [5.74, 6) is 0.0323.